The monoisotopic (exact) mass is 345 g/mol. The number of amides is 1. The summed E-state index contributed by atoms with van der Waals surface area (Å²) in [5.74, 6) is -0.00281. The maximum atomic E-state index is 12.0. The van der Waals surface area contributed by atoms with E-state index in [1.807, 2.05) is 0 Å². The van der Waals surface area contributed by atoms with E-state index in [0.717, 1.165) is 0 Å². The van der Waals surface area contributed by atoms with Gasteiger partial charge in [-0.25, -0.2) is 4.98 Å². The number of nitrogens with zero attached hydrogens (tertiary/aromatic N) is 2. The van der Waals surface area contributed by atoms with Gasteiger partial charge in [0.05, 0.1) is 12.1 Å². The Morgan fingerprint density at radius 1 is 1.41 bits per heavy atom. The van der Waals surface area contributed by atoms with Gasteiger partial charge in [0.25, 0.3) is 0 Å². The molecular formula is C12H16ClN5O3S. The molecule has 1 aliphatic heterocycles. The summed E-state index contributed by atoms with van der Waals surface area (Å²) in [7, 11) is -3.69. The summed E-state index contributed by atoms with van der Waals surface area (Å²) in [6, 6.07) is 3.14. The number of carbonyl (C=O) groups excluding carboxylic acids is 1. The molecule has 0 atom stereocenters. The number of rotatable bonds is 3. The van der Waals surface area contributed by atoms with E-state index < -0.39 is 10.2 Å². The van der Waals surface area contributed by atoms with E-state index in [1.165, 1.54) is 12.3 Å². The number of nitrogens with one attached hydrogen (secondary N) is 2. The maximum Gasteiger partial charge on any atom is 0.342 e. The Hall–Kier alpha value is -2.13. The number of hydrogen-bond donors (Lipinski definition) is 3. The highest BCUT2D eigenvalue weighted by atomic mass is 35.5. The van der Waals surface area contributed by atoms with Crippen LogP contribution in [0.5, 0.6) is 0 Å². The predicted octanol–water partition coefficient (Wildman–Crippen LogP) is 0.997. The van der Waals surface area contributed by atoms with Crippen molar-refractivity contribution < 1.29 is 13.2 Å². The molecule has 0 spiro atoms. The molecule has 1 aromatic heterocycles. The molecule has 0 saturated heterocycles. The number of halogens is 1. The van der Waals surface area contributed by atoms with Gasteiger partial charge in [0, 0.05) is 29.2 Å². The van der Waals surface area contributed by atoms with Crippen LogP contribution in [0.4, 0.5) is 11.5 Å². The Labute approximate surface area is 134 Å². The Bertz CT molecular complexity index is 758. The van der Waals surface area contributed by atoms with Gasteiger partial charge in [-0.05, 0) is 19.9 Å². The lowest BCUT2D eigenvalue weighted by Crippen LogP contribution is -2.29. The van der Waals surface area contributed by atoms with Crippen molar-refractivity contribution in [3.05, 3.63) is 29.6 Å². The average Bonchev–Trinajstić information content (AvgIpc) is 2.32. The first-order valence-electron chi connectivity index (χ1n) is 6.07. The summed E-state index contributed by atoms with van der Waals surface area (Å²) in [6.45, 7) is 3.14. The van der Waals surface area contributed by atoms with Crippen LogP contribution in [0.25, 0.3) is 0 Å². The first kappa shape index (κ1) is 17.9. The van der Waals surface area contributed by atoms with Crippen LogP contribution in [0.3, 0.4) is 0 Å². The highest BCUT2D eigenvalue weighted by Crippen LogP contribution is 2.18. The Morgan fingerprint density at radius 3 is 2.68 bits per heavy atom. The summed E-state index contributed by atoms with van der Waals surface area (Å²) in [6.07, 6.45) is 1.49. The topological polar surface area (TPSA) is 127 Å². The lowest BCUT2D eigenvalue weighted by atomic mass is 10.1. The van der Waals surface area contributed by atoms with Gasteiger partial charge in [0.2, 0.25) is 5.91 Å². The van der Waals surface area contributed by atoms with Crippen molar-refractivity contribution in [3.8, 4) is 0 Å². The molecule has 10 heteroatoms. The number of nitrogens with two attached hydrogens (primary N) is 1. The molecule has 1 aliphatic rings. The predicted molar refractivity (Wildman–Crippen MR) is 87.0 cm³/mol. The normalized spacial score (nSPS) is 16.2. The lowest BCUT2D eigenvalue weighted by molar-refractivity contribution is -0.115. The molecule has 0 saturated carbocycles. The molecule has 2 rings (SSSR count). The summed E-state index contributed by atoms with van der Waals surface area (Å²) in [5.41, 5.74) is 7.29. The number of nitrogen functional groups attached to an aromatic ring is 1. The van der Waals surface area contributed by atoms with Crippen LogP contribution >= 0.6 is 12.4 Å². The second-order valence-corrected chi connectivity index (χ2v) is 5.89. The average molecular weight is 346 g/mol. The van der Waals surface area contributed by atoms with Crippen LogP contribution in [0.1, 0.15) is 20.3 Å². The fourth-order valence-corrected chi connectivity index (χ4v) is 2.96. The largest absolute Gasteiger partial charge is 0.384 e. The first-order chi connectivity index (χ1) is 9.77. The molecule has 8 nitrogen and oxygen atoms in total. The molecule has 0 bridgehead atoms. The third-order valence-electron chi connectivity index (χ3n) is 2.83. The number of hydrogen-bond acceptors (Lipinski definition) is 5. The Kier molecular flexibility index (Phi) is 5.50. The quantitative estimate of drug-likeness (QED) is 0.753. The van der Waals surface area contributed by atoms with Crippen molar-refractivity contribution in [1.29, 1.82) is 0 Å². The van der Waals surface area contributed by atoms with E-state index in [-0.39, 0.29) is 24.7 Å². The van der Waals surface area contributed by atoms with Gasteiger partial charge in [-0.15, -0.1) is 16.8 Å². The van der Waals surface area contributed by atoms with Crippen molar-refractivity contribution in [3.63, 3.8) is 0 Å². The Morgan fingerprint density at radius 2 is 2.09 bits per heavy atom. The second kappa shape index (κ2) is 6.75. The van der Waals surface area contributed by atoms with E-state index in [0.29, 0.717) is 28.5 Å². The molecule has 120 valence electrons. The molecule has 1 aromatic rings. The molecule has 0 radical (unpaired) electrons. The number of pyridine rings is 1. The molecule has 4 N–H and O–H groups in total. The molecule has 0 aromatic carbocycles. The SMILES string of the molecule is CC1=NS(=O)(=O)NC(C)=C1CC(=O)Nc1ccnc(N)c1.Cl. The third-order valence-corrected chi connectivity index (χ3v) is 3.91. The Balaban J connectivity index is 0.00000242. The van der Waals surface area contributed by atoms with Crippen molar-refractivity contribution >= 4 is 45.7 Å². The molecule has 1 amide bonds. The minimum absolute atomic E-state index is 0. The fraction of sp³-hybridized carbons (Fsp3) is 0.250. The molecular weight excluding hydrogens is 330 g/mol. The van der Waals surface area contributed by atoms with E-state index >= 15 is 0 Å². The zero-order valence-electron chi connectivity index (χ0n) is 12.0. The van der Waals surface area contributed by atoms with Gasteiger partial charge >= 0.3 is 10.2 Å². The van der Waals surface area contributed by atoms with Gasteiger partial charge in [-0.3, -0.25) is 9.52 Å². The van der Waals surface area contributed by atoms with Gasteiger partial charge in [-0.2, -0.15) is 8.42 Å². The van der Waals surface area contributed by atoms with Crippen LogP contribution in [0.2, 0.25) is 0 Å². The van der Waals surface area contributed by atoms with Crippen molar-refractivity contribution in [1.82, 2.24) is 9.71 Å². The van der Waals surface area contributed by atoms with Crippen LogP contribution in [-0.2, 0) is 15.0 Å². The van der Waals surface area contributed by atoms with Gasteiger partial charge in [0.1, 0.15) is 5.82 Å². The van der Waals surface area contributed by atoms with E-state index in [1.54, 1.807) is 19.9 Å². The molecule has 2 heterocycles. The van der Waals surface area contributed by atoms with Gasteiger partial charge < -0.3 is 11.1 Å². The number of aromatic nitrogens is 1. The maximum absolute atomic E-state index is 12.0. The van der Waals surface area contributed by atoms with E-state index in [9.17, 15) is 13.2 Å². The molecule has 22 heavy (non-hydrogen) atoms. The second-order valence-electron chi connectivity index (χ2n) is 4.55. The number of carbonyl (C=O) groups is 1. The van der Waals surface area contributed by atoms with E-state index in [4.69, 9.17) is 5.73 Å². The van der Waals surface area contributed by atoms with Crippen LogP contribution in [-0.4, -0.2) is 25.0 Å². The molecule has 0 fully saturated rings. The number of anilines is 2. The summed E-state index contributed by atoms with van der Waals surface area (Å²) < 4.78 is 28.6. The van der Waals surface area contributed by atoms with Crippen LogP contribution in [0, 0.1) is 0 Å². The van der Waals surface area contributed by atoms with Crippen molar-refractivity contribution in [2.24, 2.45) is 4.40 Å². The highest BCUT2D eigenvalue weighted by Gasteiger charge is 2.22. The standard InChI is InChI=1S/C12H15N5O3S.ClH/c1-7-10(8(2)17-21(19,20)16-7)6-12(18)15-9-3-4-14-11(13)5-9;/h3-5,16H,6H2,1-2H3,(H3,13,14,15,18);1H. The minimum Gasteiger partial charge on any atom is -0.384 e. The van der Waals surface area contributed by atoms with Crippen LogP contribution < -0.4 is 15.8 Å². The number of allylic oxidation sites excluding steroid dienone is 1. The van der Waals surface area contributed by atoms with Gasteiger partial charge in [0.15, 0.2) is 0 Å². The third kappa shape index (κ3) is 4.43. The molecule has 0 unspecified atom stereocenters. The minimum atomic E-state index is -3.69. The summed E-state index contributed by atoms with van der Waals surface area (Å²) >= 11 is 0. The van der Waals surface area contributed by atoms with E-state index in [2.05, 4.69) is 19.4 Å². The molecule has 0 aliphatic carbocycles. The summed E-state index contributed by atoms with van der Waals surface area (Å²) in [5, 5.41) is 2.67. The van der Waals surface area contributed by atoms with Crippen LogP contribution in [0.15, 0.2) is 34.0 Å². The zero-order chi connectivity index (χ0) is 15.6. The van der Waals surface area contributed by atoms with Crippen molar-refractivity contribution in [2.45, 2.75) is 20.3 Å². The summed E-state index contributed by atoms with van der Waals surface area (Å²) in [4.78, 5) is 15.8. The van der Waals surface area contributed by atoms with Gasteiger partial charge in [-0.1, -0.05) is 0 Å². The lowest BCUT2D eigenvalue weighted by Gasteiger charge is -2.17. The smallest absolute Gasteiger partial charge is 0.342 e. The zero-order valence-corrected chi connectivity index (χ0v) is 13.6. The first-order valence-corrected chi connectivity index (χ1v) is 7.51. The highest BCUT2D eigenvalue weighted by molar-refractivity contribution is 7.88. The fourth-order valence-electron chi connectivity index (χ4n) is 1.94. The van der Waals surface area contributed by atoms with Crippen molar-refractivity contribution in [2.75, 3.05) is 11.1 Å².